The lowest BCUT2D eigenvalue weighted by atomic mass is 9.83. The van der Waals surface area contributed by atoms with Gasteiger partial charge in [0.25, 0.3) is 0 Å². The molecule has 1 unspecified atom stereocenters. The van der Waals surface area contributed by atoms with Crippen LogP contribution in [0.4, 0.5) is 0 Å². The molecule has 0 aromatic heterocycles. The number of halogens is 2. The normalized spacial score (nSPS) is 14.8. The largest absolute Gasteiger partial charge is 0.496 e. The first-order valence-electron chi connectivity index (χ1n) is 9.44. The molecule has 1 aliphatic rings. The van der Waals surface area contributed by atoms with Crippen molar-refractivity contribution in [1.82, 2.24) is 0 Å². The van der Waals surface area contributed by atoms with Crippen LogP contribution >= 0.6 is 23.2 Å². The number of esters is 1. The molecule has 0 radical (unpaired) electrons. The quantitative estimate of drug-likeness (QED) is 0.406. The number of hydrogen-bond donors (Lipinski definition) is 1. The molecule has 1 aliphatic heterocycles. The maximum atomic E-state index is 12.6. The van der Waals surface area contributed by atoms with Crippen LogP contribution in [0.25, 0.3) is 0 Å². The number of para-hydroxylation sites is 1. The second kappa shape index (κ2) is 8.83. The lowest BCUT2D eigenvalue weighted by Crippen LogP contribution is -2.21. The van der Waals surface area contributed by atoms with Gasteiger partial charge in [-0.25, -0.2) is 4.79 Å². The second-order valence-electron chi connectivity index (χ2n) is 6.88. The number of fused-ring (bicyclic) bond motifs is 1. The van der Waals surface area contributed by atoms with E-state index in [-0.39, 0.29) is 22.8 Å². The van der Waals surface area contributed by atoms with E-state index in [0.717, 1.165) is 0 Å². The van der Waals surface area contributed by atoms with Crippen molar-refractivity contribution in [3.05, 3.63) is 98.9 Å². The Morgan fingerprint density at radius 3 is 2.56 bits per heavy atom. The van der Waals surface area contributed by atoms with Gasteiger partial charge in [0.1, 0.15) is 34.5 Å². The fourth-order valence-corrected chi connectivity index (χ4v) is 4.05. The molecule has 0 saturated heterocycles. The van der Waals surface area contributed by atoms with Gasteiger partial charge >= 0.3 is 5.97 Å². The van der Waals surface area contributed by atoms with Crippen molar-refractivity contribution in [1.29, 1.82) is 5.26 Å². The summed E-state index contributed by atoms with van der Waals surface area (Å²) in [5.41, 5.74) is 7.84. The third kappa shape index (κ3) is 3.96. The van der Waals surface area contributed by atoms with E-state index in [0.29, 0.717) is 32.7 Å². The van der Waals surface area contributed by atoms with Crippen molar-refractivity contribution in [2.24, 2.45) is 5.73 Å². The Hall–Kier alpha value is -3.66. The van der Waals surface area contributed by atoms with Gasteiger partial charge in [-0.05, 0) is 35.9 Å². The summed E-state index contributed by atoms with van der Waals surface area (Å²) in [5, 5.41) is 10.6. The number of carbonyl (C=O) groups excluding carboxylic acids is 1. The van der Waals surface area contributed by atoms with Crippen molar-refractivity contribution >= 4 is 29.2 Å². The van der Waals surface area contributed by atoms with Crippen LogP contribution in [0.3, 0.4) is 0 Å². The predicted molar refractivity (Wildman–Crippen MR) is 120 cm³/mol. The maximum Gasteiger partial charge on any atom is 0.347 e. The highest BCUT2D eigenvalue weighted by atomic mass is 35.5. The first-order valence-corrected chi connectivity index (χ1v) is 10.2. The SMILES string of the molecule is COc1ccccc1C(=O)Oc1ccc2c(c1)OC(N)=C(C#N)C2c1ccc(Cl)cc1Cl. The number of allylic oxidation sites excluding steroid dienone is 1. The average Bonchev–Trinajstić information content (AvgIpc) is 2.78. The molecule has 1 heterocycles. The number of methoxy groups -OCH3 is 1. The van der Waals surface area contributed by atoms with Crippen LogP contribution in [0, 0.1) is 11.3 Å². The zero-order valence-corrected chi connectivity index (χ0v) is 18.3. The minimum absolute atomic E-state index is 0.0516. The number of carbonyl (C=O) groups is 1. The molecular formula is C24H16Cl2N2O4. The molecule has 6 nitrogen and oxygen atoms in total. The van der Waals surface area contributed by atoms with E-state index in [4.69, 9.17) is 43.1 Å². The molecule has 0 spiro atoms. The highest BCUT2D eigenvalue weighted by Crippen LogP contribution is 2.45. The number of ether oxygens (including phenoxy) is 3. The van der Waals surface area contributed by atoms with Gasteiger partial charge in [-0.3, -0.25) is 0 Å². The van der Waals surface area contributed by atoms with Gasteiger partial charge in [0.15, 0.2) is 0 Å². The molecular weight excluding hydrogens is 451 g/mol. The van der Waals surface area contributed by atoms with E-state index in [1.807, 2.05) is 0 Å². The van der Waals surface area contributed by atoms with Crippen LogP contribution in [0.15, 0.2) is 72.1 Å². The zero-order chi connectivity index (χ0) is 22.8. The lowest BCUT2D eigenvalue weighted by molar-refractivity contribution is 0.0731. The third-order valence-electron chi connectivity index (χ3n) is 5.00. The van der Waals surface area contributed by atoms with E-state index in [1.54, 1.807) is 60.7 Å². The number of nitrogens with zero attached hydrogens (tertiary/aromatic N) is 1. The first-order chi connectivity index (χ1) is 15.4. The second-order valence-corrected chi connectivity index (χ2v) is 7.72. The summed E-state index contributed by atoms with van der Waals surface area (Å²) in [4.78, 5) is 12.6. The first kappa shape index (κ1) is 21.6. The lowest BCUT2D eigenvalue weighted by Gasteiger charge is -2.27. The Morgan fingerprint density at radius 2 is 1.84 bits per heavy atom. The summed E-state index contributed by atoms with van der Waals surface area (Å²) in [5.74, 6) is -0.208. The number of rotatable bonds is 4. The van der Waals surface area contributed by atoms with Crippen LogP contribution in [0.1, 0.15) is 27.4 Å². The van der Waals surface area contributed by atoms with Crippen LogP contribution in [0.2, 0.25) is 10.0 Å². The molecule has 160 valence electrons. The van der Waals surface area contributed by atoms with E-state index in [9.17, 15) is 10.1 Å². The van der Waals surface area contributed by atoms with Crippen LogP contribution in [0.5, 0.6) is 17.2 Å². The average molecular weight is 467 g/mol. The topological polar surface area (TPSA) is 94.6 Å². The highest BCUT2D eigenvalue weighted by molar-refractivity contribution is 6.35. The Bertz CT molecular complexity index is 1300. The minimum Gasteiger partial charge on any atom is -0.496 e. The molecule has 3 aromatic rings. The molecule has 0 fully saturated rings. The predicted octanol–water partition coefficient (Wildman–Crippen LogP) is 5.44. The Kier molecular flexibility index (Phi) is 5.95. The summed E-state index contributed by atoms with van der Waals surface area (Å²) in [7, 11) is 1.47. The van der Waals surface area contributed by atoms with Crippen LogP contribution < -0.4 is 19.9 Å². The van der Waals surface area contributed by atoms with Gasteiger partial charge in [-0.1, -0.05) is 47.5 Å². The van der Waals surface area contributed by atoms with E-state index in [1.165, 1.54) is 7.11 Å². The molecule has 8 heteroatoms. The zero-order valence-electron chi connectivity index (χ0n) is 16.8. The molecule has 3 aromatic carbocycles. The Labute approximate surface area is 194 Å². The molecule has 1 atom stereocenters. The molecule has 0 bridgehead atoms. The fourth-order valence-electron chi connectivity index (χ4n) is 3.53. The smallest absolute Gasteiger partial charge is 0.347 e. The van der Waals surface area contributed by atoms with Gasteiger partial charge in [0.05, 0.1) is 13.0 Å². The summed E-state index contributed by atoms with van der Waals surface area (Å²) >= 11 is 12.4. The standard InChI is InChI=1S/C24H16Cl2N2O4/c1-30-20-5-3-2-4-17(20)24(29)31-14-7-9-16-21(11-14)32-23(28)18(12-27)22(16)15-8-6-13(25)10-19(15)26/h2-11,22H,28H2,1H3. The number of nitrogens with two attached hydrogens (primary N) is 1. The molecule has 0 aliphatic carbocycles. The molecule has 0 saturated carbocycles. The summed E-state index contributed by atoms with van der Waals surface area (Å²) in [6.07, 6.45) is 0. The summed E-state index contributed by atoms with van der Waals surface area (Å²) in [6.45, 7) is 0. The van der Waals surface area contributed by atoms with Gasteiger partial charge in [0.2, 0.25) is 5.88 Å². The van der Waals surface area contributed by atoms with Gasteiger partial charge < -0.3 is 19.9 Å². The monoisotopic (exact) mass is 466 g/mol. The van der Waals surface area contributed by atoms with Crippen LogP contribution in [-0.2, 0) is 0 Å². The maximum absolute atomic E-state index is 12.6. The van der Waals surface area contributed by atoms with Crippen molar-refractivity contribution in [2.75, 3.05) is 7.11 Å². The van der Waals surface area contributed by atoms with Crippen molar-refractivity contribution in [3.63, 3.8) is 0 Å². The third-order valence-corrected chi connectivity index (χ3v) is 5.56. The number of hydrogen-bond acceptors (Lipinski definition) is 6. The fraction of sp³-hybridized carbons (Fsp3) is 0.0833. The van der Waals surface area contributed by atoms with Gasteiger partial charge in [-0.15, -0.1) is 0 Å². The van der Waals surface area contributed by atoms with Crippen LogP contribution in [-0.4, -0.2) is 13.1 Å². The minimum atomic E-state index is -0.586. The highest BCUT2D eigenvalue weighted by Gasteiger charge is 2.32. The molecule has 32 heavy (non-hydrogen) atoms. The van der Waals surface area contributed by atoms with Crippen molar-refractivity contribution in [3.8, 4) is 23.3 Å². The number of nitriles is 1. The summed E-state index contributed by atoms with van der Waals surface area (Å²) < 4.78 is 16.4. The van der Waals surface area contributed by atoms with Gasteiger partial charge in [0, 0.05) is 21.7 Å². The number of benzene rings is 3. The van der Waals surface area contributed by atoms with E-state index >= 15 is 0 Å². The van der Waals surface area contributed by atoms with Gasteiger partial charge in [-0.2, -0.15) is 5.26 Å². The van der Waals surface area contributed by atoms with Crippen molar-refractivity contribution in [2.45, 2.75) is 5.92 Å². The van der Waals surface area contributed by atoms with Crippen molar-refractivity contribution < 1.29 is 19.0 Å². The molecule has 0 amide bonds. The molecule has 2 N–H and O–H groups in total. The summed E-state index contributed by atoms with van der Waals surface area (Å²) in [6, 6.07) is 18.7. The Morgan fingerprint density at radius 1 is 1.09 bits per heavy atom. The Balaban J connectivity index is 1.72. The van der Waals surface area contributed by atoms with E-state index < -0.39 is 11.9 Å². The molecule has 4 rings (SSSR count). The van der Waals surface area contributed by atoms with E-state index in [2.05, 4.69) is 6.07 Å².